The zero-order valence-electron chi connectivity index (χ0n) is 8.98. The van der Waals surface area contributed by atoms with E-state index < -0.39 is 0 Å². The third-order valence-electron chi connectivity index (χ3n) is 2.97. The van der Waals surface area contributed by atoms with Crippen LogP contribution in [0.3, 0.4) is 0 Å². The molecule has 0 bridgehead atoms. The van der Waals surface area contributed by atoms with Crippen LogP contribution in [0, 0.1) is 5.92 Å². The average molecular weight is 274 g/mol. The van der Waals surface area contributed by atoms with Crippen molar-refractivity contribution in [2.45, 2.75) is 25.0 Å². The summed E-state index contributed by atoms with van der Waals surface area (Å²) in [6, 6.07) is -0.107. The normalized spacial score (nSPS) is 20.3. The number of halogens is 1. The van der Waals surface area contributed by atoms with E-state index in [-0.39, 0.29) is 12.1 Å². The first kappa shape index (κ1) is 11.1. The molecule has 1 aromatic rings. The second kappa shape index (κ2) is 4.23. The molecule has 1 aromatic heterocycles. The van der Waals surface area contributed by atoms with Gasteiger partial charge in [-0.3, -0.25) is 4.68 Å². The Balaban J connectivity index is 2.21. The monoisotopic (exact) mass is 273 g/mol. The van der Waals surface area contributed by atoms with Gasteiger partial charge in [0.05, 0.1) is 28.5 Å². The summed E-state index contributed by atoms with van der Waals surface area (Å²) in [4.78, 5) is 0. The fraction of sp³-hybridized carbons (Fsp3) is 0.700. The standard InChI is InChI=1S/C10H16BrN3O/c1-14-9(7(11)5-13-14)8(12)10(15-2)6-3-4-6/h5-6,8,10H,3-4,12H2,1-2H3. The summed E-state index contributed by atoms with van der Waals surface area (Å²) in [6.45, 7) is 0. The van der Waals surface area contributed by atoms with E-state index in [0.717, 1.165) is 10.2 Å². The summed E-state index contributed by atoms with van der Waals surface area (Å²) in [7, 11) is 3.63. The summed E-state index contributed by atoms with van der Waals surface area (Å²) in [5.74, 6) is 0.617. The predicted octanol–water partition coefficient (Wildman–Crippen LogP) is 1.61. The van der Waals surface area contributed by atoms with E-state index in [0.29, 0.717) is 5.92 Å². The van der Waals surface area contributed by atoms with Gasteiger partial charge in [-0.2, -0.15) is 5.10 Å². The first-order valence-electron chi connectivity index (χ1n) is 5.11. The summed E-state index contributed by atoms with van der Waals surface area (Å²) in [5, 5.41) is 4.17. The van der Waals surface area contributed by atoms with Gasteiger partial charge in [0.15, 0.2) is 0 Å². The quantitative estimate of drug-likeness (QED) is 0.907. The number of methoxy groups -OCH3 is 1. The van der Waals surface area contributed by atoms with Gasteiger partial charge in [0.2, 0.25) is 0 Å². The maximum atomic E-state index is 6.22. The minimum Gasteiger partial charge on any atom is -0.379 e. The van der Waals surface area contributed by atoms with Gasteiger partial charge in [0.1, 0.15) is 0 Å². The highest BCUT2D eigenvalue weighted by Crippen LogP contribution is 2.39. The van der Waals surface area contributed by atoms with E-state index in [4.69, 9.17) is 10.5 Å². The van der Waals surface area contributed by atoms with Gasteiger partial charge in [0, 0.05) is 14.2 Å². The molecule has 1 heterocycles. The molecular formula is C10H16BrN3O. The number of aryl methyl sites for hydroxylation is 1. The Bertz CT molecular complexity index is 329. The van der Waals surface area contributed by atoms with Gasteiger partial charge < -0.3 is 10.5 Å². The molecule has 0 spiro atoms. The molecule has 1 fully saturated rings. The van der Waals surface area contributed by atoms with Crippen LogP contribution in [0.4, 0.5) is 0 Å². The van der Waals surface area contributed by atoms with Gasteiger partial charge in [-0.15, -0.1) is 0 Å². The van der Waals surface area contributed by atoms with Crippen LogP contribution in [0.5, 0.6) is 0 Å². The van der Waals surface area contributed by atoms with Crippen LogP contribution in [-0.4, -0.2) is 23.0 Å². The Morgan fingerprint density at radius 2 is 2.33 bits per heavy atom. The van der Waals surface area contributed by atoms with Gasteiger partial charge >= 0.3 is 0 Å². The van der Waals surface area contributed by atoms with Gasteiger partial charge in [-0.25, -0.2) is 0 Å². The second-order valence-corrected chi connectivity index (χ2v) is 4.92. The van der Waals surface area contributed by atoms with E-state index in [2.05, 4.69) is 21.0 Å². The Kier molecular flexibility index (Phi) is 3.13. The molecule has 1 aliphatic rings. The first-order chi connectivity index (χ1) is 7.15. The number of ether oxygens (including phenoxy) is 1. The molecule has 5 heteroatoms. The maximum absolute atomic E-state index is 6.22. The molecular weight excluding hydrogens is 258 g/mol. The van der Waals surface area contributed by atoms with Crippen molar-refractivity contribution >= 4 is 15.9 Å². The summed E-state index contributed by atoms with van der Waals surface area (Å²) < 4.78 is 8.25. The number of nitrogens with zero attached hydrogens (tertiary/aromatic N) is 2. The van der Waals surface area contributed by atoms with Crippen molar-refractivity contribution in [3.05, 3.63) is 16.4 Å². The number of aromatic nitrogens is 2. The highest BCUT2D eigenvalue weighted by atomic mass is 79.9. The van der Waals surface area contributed by atoms with Crippen molar-refractivity contribution < 1.29 is 4.74 Å². The molecule has 1 saturated carbocycles. The largest absolute Gasteiger partial charge is 0.379 e. The van der Waals surface area contributed by atoms with E-state index in [1.807, 2.05) is 11.7 Å². The van der Waals surface area contributed by atoms with Crippen molar-refractivity contribution in [3.8, 4) is 0 Å². The van der Waals surface area contributed by atoms with Gasteiger partial charge in [0.25, 0.3) is 0 Å². The van der Waals surface area contributed by atoms with E-state index in [1.54, 1.807) is 13.3 Å². The van der Waals surface area contributed by atoms with E-state index in [9.17, 15) is 0 Å². The highest BCUT2D eigenvalue weighted by molar-refractivity contribution is 9.10. The molecule has 1 aliphatic carbocycles. The van der Waals surface area contributed by atoms with Crippen molar-refractivity contribution in [2.75, 3.05) is 7.11 Å². The topological polar surface area (TPSA) is 53.1 Å². The molecule has 2 rings (SSSR count). The van der Waals surface area contributed by atoms with Crippen LogP contribution in [-0.2, 0) is 11.8 Å². The Hall–Kier alpha value is -0.390. The lowest BCUT2D eigenvalue weighted by Gasteiger charge is -2.22. The Morgan fingerprint density at radius 3 is 2.73 bits per heavy atom. The first-order valence-corrected chi connectivity index (χ1v) is 5.90. The fourth-order valence-corrected chi connectivity index (χ4v) is 2.62. The van der Waals surface area contributed by atoms with Gasteiger partial charge in [-0.1, -0.05) is 0 Å². The van der Waals surface area contributed by atoms with E-state index >= 15 is 0 Å². The smallest absolute Gasteiger partial charge is 0.0807 e. The molecule has 2 N–H and O–H groups in total. The van der Waals surface area contributed by atoms with Crippen molar-refractivity contribution in [1.82, 2.24) is 9.78 Å². The molecule has 4 nitrogen and oxygen atoms in total. The summed E-state index contributed by atoms with van der Waals surface area (Å²) in [5.41, 5.74) is 7.23. The zero-order valence-corrected chi connectivity index (χ0v) is 10.6. The summed E-state index contributed by atoms with van der Waals surface area (Å²) in [6.07, 6.45) is 4.33. The Morgan fingerprint density at radius 1 is 1.67 bits per heavy atom. The van der Waals surface area contributed by atoms with Crippen molar-refractivity contribution in [3.63, 3.8) is 0 Å². The maximum Gasteiger partial charge on any atom is 0.0807 e. The molecule has 15 heavy (non-hydrogen) atoms. The molecule has 2 atom stereocenters. The molecule has 0 aromatic carbocycles. The lowest BCUT2D eigenvalue weighted by Crippen LogP contribution is -2.31. The van der Waals surface area contributed by atoms with Crippen LogP contribution in [0.1, 0.15) is 24.6 Å². The lowest BCUT2D eigenvalue weighted by atomic mass is 10.0. The summed E-state index contributed by atoms with van der Waals surface area (Å²) >= 11 is 3.47. The minimum atomic E-state index is -0.107. The molecule has 84 valence electrons. The zero-order chi connectivity index (χ0) is 11.0. The highest BCUT2D eigenvalue weighted by Gasteiger charge is 2.37. The number of rotatable bonds is 4. The molecule has 0 radical (unpaired) electrons. The number of hydrogen-bond acceptors (Lipinski definition) is 3. The SMILES string of the molecule is COC(C1CC1)C(N)c1c(Br)cnn1C. The predicted molar refractivity (Wildman–Crippen MR) is 61.4 cm³/mol. The molecule has 0 aliphatic heterocycles. The van der Waals surface area contributed by atoms with Crippen molar-refractivity contribution in [1.29, 1.82) is 0 Å². The fourth-order valence-electron chi connectivity index (χ4n) is 2.01. The molecule has 2 unspecified atom stereocenters. The van der Waals surface area contributed by atoms with Crippen LogP contribution in [0.15, 0.2) is 10.7 Å². The van der Waals surface area contributed by atoms with Crippen LogP contribution >= 0.6 is 15.9 Å². The van der Waals surface area contributed by atoms with Crippen LogP contribution in [0.25, 0.3) is 0 Å². The third kappa shape index (κ3) is 2.09. The Labute approximate surface area is 97.9 Å². The molecule has 0 amide bonds. The second-order valence-electron chi connectivity index (χ2n) is 4.06. The third-order valence-corrected chi connectivity index (χ3v) is 3.58. The van der Waals surface area contributed by atoms with Crippen LogP contribution < -0.4 is 5.73 Å². The van der Waals surface area contributed by atoms with Gasteiger partial charge in [-0.05, 0) is 34.7 Å². The van der Waals surface area contributed by atoms with Crippen molar-refractivity contribution in [2.24, 2.45) is 18.7 Å². The molecule has 0 saturated heterocycles. The number of hydrogen-bond donors (Lipinski definition) is 1. The number of nitrogens with two attached hydrogens (primary N) is 1. The lowest BCUT2D eigenvalue weighted by molar-refractivity contribution is 0.0600. The average Bonchev–Trinajstić information content (AvgIpc) is 2.95. The van der Waals surface area contributed by atoms with E-state index in [1.165, 1.54) is 12.8 Å². The van der Waals surface area contributed by atoms with Crippen LogP contribution in [0.2, 0.25) is 0 Å². The minimum absolute atomic E-state index is 0.107.